The Hall–Kier alpha value is -0.610. The van der Waals surface area contributed by atoms with E-state index in [4.69, 9.17) is 0 Å². The number of aliphatic hydroxyl groups excluding tert-OH is 1. The molecular formula is C11H21N3O. The van der Waals surface area contributed by atoms with Crippen LogP contribution in [-0.2, 0) is 0 Å². The highest BCUT2D eigenvalue weighted by Gasteiger charge is 2.46. The molecule has 4 nitrogen and oxygen atoms in total. The van der Waals surface area contributed by atoms with Crippen molar-refractivity contribution >= 4 is 5.71 Å². The van der Waals surface area contributed by atoms with Gasteiger partial charge in [0.25, 0.3) is 0 Å². The summed E-state index contributed by atoms with van der Waals surface area (Å²) in [5, 5.41) is 14.1. The van der Waals surface area contributed by atoms with E-state index in [0.717, 1.165) is 31.6 Å². The molecule has 0 amide bonds. The van der Waals surface area contributed by atoms with Gasteiger partial charge in [-0.05, 0) is 46.7 Å². The van der Waals surface area contributed by atoms with Crippen molar-refractivity contribution in [3.8, 4) is 0 Å². The Kier molecular flexibility index (Phi) is 2.73. The summed E-state index contributed by atoms with van der Waals surface area (Å²) in [7, 11) is 0. The highest BCUT2D eigenvalue weighted by atomic mass is 16.3. The molecule has 1 unspecified atom stereocenters. The Labute approximate surface area is 91.3 Å². The van der Waals surface area contributed by atoms with Gasteiger partial charge in [-0.1, -0.05) is 0 Å². The molecule has 0 aromatic heterocycles. The average molecular weight is 211 g/mol. The second-order valence-electron chi connectivity index (χ2n) is 5.01. The number of likely N-dealkylation sites (tertiary alicyclic amines) is 1. The van der Waals surface area contributed by atoms with Crippen LogP contribution < -0.4 is 5.43 Å². The maximum atomic E-state index is 9.96. The molecule has 0 aromatic rings. The molecule has 86 valence electrons. The zero-order valence-corrected chi connectivity index (χ0v) is 9.82. The normalized spacial score (nSPS) is 30.7. The molecular weight excluding hydrogens is 190 g/mol. The summed E-state index contributed by atoms with van der Waals surface area (Å²) < 4.78 is 0. The maximum absolute atomic E-state index is 9.96. The molecule has 2 aliphatic rings. The van der Waals surface area contributed by atoms with Crippen LogP contribution in [0.3, 0.4) is 0 Å². The summed E-state index contributed by atoms with van der Waals surface area (Å²) in [5.74, 6) is 0. The van der Waals surface area contributed by atoms with Crippen LogP contribution in [0, 0.1) is 5.41 Å². The first-order chi connectivity index (χ1) is 7.06. The van der Waals surface area contributed by atoms with E-state index >= 15 is 0 Å². The Morgan fingerprint density at radius 3 is 2.47 bits per heavy atom. The van der Waals surface area contributed by atoms with Crippen molar-refractivity contribution in [2.24, 2.45) is 10.5 Å². The van der Waals surface area contributed by atoms with Crippen molar-refractivity contribution in [2.45, 2.75) is 45.9 Å². The number of nitrogens with zero attached hydrogens (tertiary/aromatic N) is 2. The van der Waals surface area contributed by atoms with E-state index in [9.17, 15) is 5.11 Å². The molecule has 1 spiro atoms. The first-order valence-corrected chi connectivity index (χ1v) is 5.79. The van der Waals surface area contributed by atoms with E-state index in [-0.39, 0.29) is 5.41 Å². The summed E-state index contributed by atoms with van der Waals surface area (Å²) in [4.78, 5) is 2.46. The van der Waals surface area contributed by atoms with Crippen LogP contribution in [0.1, 0.15) is 33.6 Å². The SMILES string of the molecule is CC1=NNC(O)C12CCN(C(C)C)CC2. The van der Waals surface area contributed by atoms with Gasteiger partial charge in [-0.2, -0.15) is 5.10 Å². The predicted molar refractivity (Wildman–Crippen MR) is 60.6 cm³/mol. The summed E-state index contributed by atoms with van der Waals surface area (Å²) in [6.07, 6.45) is 1.54. The number of hydrogen-bond donors (Lipinski definition) is 2. The third kappa shape index (κ3) is 1.66. The predicted octanol–water partition coefficient (Wildman–Crippen LogP) is 0.774. The minimum absolute atomic E-state index is 0.0919. The van der Waals surface area contributed by atoms with Crippen molar-refractivity contribution in [3.05, 3.63) is 0 Å². The lowest BCUT2D eigenvalue weighted by molar-refractivity contribution is 0.00832. The summed E-state index contributed by atoms with van der Waals surface area (Å²) in [6.45, 7) is 8.59. The lowest BCUT2D eigenvalue weighted by atomic mass is 9.74. The molecule has 2 aliphatic heterocycles. The fourth-order valence-corrected chi connectivity index (χ4v) is 2.67. The zero-order chi connectivity index (χ0) is 11.1. The van der Waals surface area contributed by atoms with Gasteiger partial charge < -0.3 is 10.0 Å². The maximum Gasteiger partial charge on any atom is 0.150 e. The second-order valence-corrected chi connectivity index (χ2v) is 5.01. The summed E-state index contributed by atoms with van der Waals surface area (Å²) in [5.41, 5.74) is 3.77. The van der Waals surface area contributed by atoms with Crippen LogP contribution in [0.5, 0.6) is 0 Å². The second kappa shape index (κ2) is 3.76. The molecule has 1 saturated heterocycles. The molecule has 2 heterocycles. The molecule has 0 bridgehead atoms. The van der Waals surface area contributed by atoms with Gasteiger partial charge in [0.05, 0.1) is 5.41 Å². The summed E-state index contributed by atoms with van der Waals surface area (Å²) in [6, 6.07) is 0.603. The zero-order valence-electron chi connectivity index (χ0n) is 9.82. The van der Waals surface area contributed by atoms with Crippen molar-refractivity contribution in [1.29, 1.82) is 0 Å². The molecule has 15 heavy (non-hydrogen) atoms. The van der Waals surface area contributed by atoms with Gasteiger partial charge in [-0.3, -0.25) is 5.43 Å². The number of rotatable bonds is 1. The van der Waals surface area contributed by atoms with Crippen LogP contribution >= 0.6 is 0 Å². The molecule has 1 fully saturated rings. The summed E-state index contributed by atoms with van der Waals surface area (Å²) >= 11 is 0. The highest BCUT2D eigenvalue weighted by molar-refractivity contribution is 5.89. The van der Waals surface area contributed by atoms with Gasteiger partial charge in [0.1, 0.15) is 0 Å². The standard InChI is InChI=1S/C11H21N3O/c1-8(2)14-6-4-11(5-7-14)9(3)12-13-10(11)15/h8,10,13,15H,4-7H2,1-3H3. The van der Waals surface area contributed by atoms with E-state index < -0.39 is 6.23 Å². The monoisotopic (exact) mass is 211 g/mol. The minimum atomic E-state index is -0.480. The van der Waals surface area contributed by atoms with Crippen LogP contribution in [0.15, 0.2) is 5.10 Å². The van der Waals surface area contributed by atoms with Gasteiger partial charge in [0.2, 0.25) is 0 Å². The smallest absolute Gasteiger partial charge is 0.150 e. The topological polar surface area (TPSA) is 47.9 Å². The molecule has 4 heteroatoms. The van der Waals surface area contributed by atoms with Crippen LogP contribution in [0.25, 0.3) is 0 Å². The third-order valence-corrected chi connectivity index (χ3v) is 4.02. The number of hydrazone groups is 1. The van der Waals surface area contributed by atoms with E-state index in [1.54, 1.807) is 0 Å². The van der Waals surface area contributed by atoms with E-state index in [1.165, 1.54) is 0 Å². The quantitative estimate of drug-likeness (QED) is 0.673. The number of aliphatic hydroxyl groups is 1. The van der Waals surface area contributed by atoms with E-state index in [0.29, 0.717) is 6.04 Å². The molecule has 1 atom stereocenters. The Bertz CT molecular complexity index is 267. The van der Waals surface area contributed by atoms with Gasteiger partial charge >= 0.3 is 0 Å². The van der Waals surface area contributed by atoms with Gasteiger partial charge in [0.15, 0.2) is 6.23 Å². The molecule has 0 radical (unpaired) electrons. The first-order valence-electron chi connectivity index (χ1n) is 5.79. The van der Waals surface area contributed by atoms with Gasteiger partial charge in [-0.25, -0.2) is 0 Å². The van der Waals surface area contributed by atoms with Gasteiger partial charge in [0, 0.05) is 11.8 Å². The first kappa shape index (κ1) is 10.9. The van der Waals surface area contributed by atoms with Crippen LogP contribution in [0.2, 0.25) is 0 Å². The molecule has 2 rings (SSSR count). The fraction of sp³-hybridized carbons (Fsp3) is 0.909. The third-order valence-electron chi connectivity index (χ3n) is 4.02. The lowest BCUT2D eigenvalue weighted by Crippen LogP contribution is -2.51. The molecule has 0 saturated carbocycles. The average Bonchev–Trinajstić information content (AvgIpc) is 2.48. The van der Waals surface area contributed by atoms with Crippen molar-refractivity contribution in [1.82, 2.24) is 10.3 Å². The fourth-order valence-electron chi connectivity index (χ4n) is 2.67. The molecule has 0 aliphatic carbocycles. The van der Waals surface area contributed by atoms with Gasteiger partial charge in [-0.15, -0.1) is 0 Å². The minimum Gasteiger partial charge on any atom is -0.371 e. The van der Waals surface area contributed by atoms with E-state index in [1.807, 2.05) is 6.92 Å². The van der Waals surface area contributed by atoms with Crippen molar-refractivity contribution in [2.75, 3.05) is 13.1 Å². The van der Waals surface area contributed by atoms with Crippen LogP contribution in [-0.4, -0.2) is 41.1 Å². The number of nitrogens with one attached hydrogen (secondary N) is 1. The molecule has 2 N–H and O–H groups in total. The Balaban J connectivity index is 2.06. The number of piperidine rings is 1. The van der Waals surface area contributed by atoms with Crippen molar-refractivity contribution < 1.29 is 5.11 Å². The molecule has 0 aromatic carbocycles. The van der Waals surface area contributed by atoms with Crippen LogP contribution in [0.4, 0.5) is 0 Å². The van der Waals surface area contributed by atoms with Crippen molar-refractivity contribution in [3.63, 3.8) is 0 Å². The van der Waals surface area contributed by atoms with E-state index in [2.05, 4.69) is 29.3 Å². The lowest BCUT2D eigenvalue weighted by Gasteiger charge is -2.42. The largest absolute Gasteiger partial charge is 0.371 e. The highest BCUT2D eigenvalue weighted by Crippen LogP contribution is 2.38. The Morgan fingerprint density at radius 2 is 2.07 bits per heavy atom. The Morgan fingerprint density at radius 1 is 1.47 bits per heavy atom. The number of hydrogen-bond acceptors (Lipinski definition) is 4.